The highest BCUT2D eigenvalue weighted by Gasteiger charge is 2.12. The molecule has 2 aromatic carbocycles. The number of rotatable bonds is 7. The summed E-state index contributed by atoms with van der Waals surface area (Å²) in [6.45, 7) is 0.914. The number of aromatic nitrogens is 5. The van der Waals surface area contributed by atoms with Gasteiger partial charge in [0.1, 0.15) is 17.4 Å². The smallest absolute Gasteiger partial charge is 0.247 e. The number of hydrogen-bond donors (Lipinski definition) is 3. The third-order valence-electron chi connectivity index (χ3n) is 5.55. The maximum absolute atomic E-state index is 11.3. The van der Waals surface area contributed by atoms with Crippen LogP contribution in [0.4, 0.5) is 11.8 Å². The SMILES string of the molecule is COc1ccc2c(NCc3nc4cc(Cl)ccc4n3C)nc(NCc3ccc(=O)[nH]c3)nc2c1. The van der Waals surface area contributed by atoms with Crippen LogP contribution < -0.4 is 20.9 Å². The van der Waals surface area contributed by atoms with Crippen molar-refractivity contribution in [1.29, 1.82) is 0 Å². The van der Waals surface area contributed by atoms with Gasteiger partial charge >= 0.3 is 0 Å². The molecule has 3 aromatic heterocycles. The van der Waals surface area contributed by atoms with Crippen LogP contribution in [0, 0.1) is 0 Å². The molecule has 34 heavy (non-hydrogen) atoms. The first-order chi connectivity index (χ1) is 16.5. The Labute approximate surface area is 199 Å². The highest BCUT2D eigenvalue weighted by molar-refractivity contribution is 6.31. The van der Waals surface area contributed by atoms with Gasteiger partial charge in [-0.05, 0) is 35.9 Å². The molecule has 5 aromatic rings. The van der Waals surface area contributed by atoms with Crippen LogP contribution in [-0.4, -0.2) is 31.6 Å². The van der Waals surface area contributed by atoms with Crippen LogP contribution in [0.3, 0.4) is 0 Å². The lowest BCUT2D eigenvalue weighted by Crippen LogP contribution is -2.11. The number of benzene rings is 2. The van der Waals surface area contributed by atoms with Gasteiger partial charge in [-0.15, -0.1) is 0 Å². The molecule has 0 saturated heterocycles. The molecule has 0 aliphatic carbocycles. The molecule has 0 atom stereocenters. The molecule has 0 saturated carbocycles. The van der Waals surface area contributed by atoms with E-state index in [2.05, 4.69) is 20.6 Å². The van der Waals surface area contributed by atoms with Gasteiger partial charge in [-0.2, -0.15) is 4.98 Å². The molecule has 0 spiro atoms. The number of fused-ring (bicyclic) bond motifs is 2. The van der Waals surface area contributed by atoms with Crippen LogP contribution in [-0.2, 0) is 20.1 Å². The van der Waals surface area contributed by atoms with Crippen molar-refractivity contribution >= 4 is 45.3 Å². The number of halogens is 1. The van der Waals surface area contributed by atoms with E-state index in [1.807, 2.05) is 48.0 Å². The zero-order chi connectivity index (χ0) is 23.7. The Kier molecular flexibility index (Phi) is 5.77. The van der Waals surface area contributed by atoms with Gasteiger partial charge < -0.3 is 24.9 Å². The molecule has 172 valence electrons. The van der Waals surface area contributed by atoms with Crippen molar-refractivity contribution in [2.75, 3.05) is 17.7 Å². The molecule has 0 bridgehead atoms. The average Bonchev–Trinajstić information content (AvgIpc) is 3.16. The topological polar surface area (TPSA) is 110 Å². The lowest BCUT2D eigenvalue weighted by atomic mass is 10.2. The van der Waals surface area contributed by atoms with E-state index in [4.69, 9.17) is 26.3 Å². The van der Waals surface area contributed by atoms with Crippen LogP contribution in [0.1, 0.15) is 11.4 Å². The van der Waals surface area contributed by atoms with Gasteiger partial charge in [0.15, 0.2) is 0 Å². The number of aryl methyl sites for hydroxylation is 1. The zero-order valence-corrected chi connectivity index (χ0v) is 19.3. The molecular weight excluding hydrogens is 454 g/mol. The largest absolute Gasteiger partial charge is 0.497 e. The Morgan fingerprint density at radius 2 is 1.88 bits per heavy atom. The molecule has 9 nitrogen and oxygen atoms in total. The van der Waals surface area contributed by atoms with Crippen LogP contribution >= 0.6 is 11.6 Å². The van der Waals surface area contributed by atoms with Crippen LogP contribution in [0.2, 0.25) is 5.02 Å². The number of anilines is 2. The van der Waals surface area contributed by atoms with E-state index in [1.165, 1.54) is 6.07 Å². The monoisotopic (exact) mass is 475 g/mol. The Bertz CT molecular complexity index is 1540. The molecule has 10 heteroatoms. The molecule has 3 N–H and O–H groups in total. The molecule has 0 aliphatic rings. The van der Waals surface area contributed by atoms with Gasteiger partial charge in [0, 0.05) is 42.3 Å². The van der Waals surface area contributed by atoms with Crippen molar-refractivity contribution < 1.29 is 4.74 Å². The first kappa shape index (κ1) is 21.7. The molecule has 0 unspecified atom stereocenters. The number of nitrogens with one attached hydrogen (secondary N) is 3. The fourth-order valence-corrected chi connectivity index (χ4v) is 3.89. The highest BCUT2D eigenvalue weighted by atomic mass is 35.5. The third kappa shape index (κ3) is 4.38. The maximum Gasteiger partial charge on any atom is 0.247 e. The summed E-state index contributed by atoms with van der Waals surface area (Å²) >= 11 is 6.13. The van der Waals surface area contributed by atoms with Crippen LogP contribution in [0.25, 0.3) is 21.9 Å². The van der Waals surface area contributed by atoms with Gasteiger partial charge in [0.05, 0.1) is 30.2 Å². The number of methoxy groups -OCH3 is 1. The molecule has 0 fully saturated rings. The van der Waals surface area contributed by atoms with E-state index in [1.54, 1.807) is 19.4 Å². The Morgan fingerprint density at radius 1 is 1.00 bits per heavy atom. The molecule has 0 radical (unpaired) electrons. The Morgan fingerprint density at radius 3 is 2.68 bits per heavy atom. The predicted octanol–water partition coefficient (Wildman–Crippen LogP) is 4.09. The third-order valence-corrected chi connectivity index (χ3v) is 5.79. The first-order valence-electron chi connectivity index (χ1n) is 10.6. The van der Waals surface area contributed by atoms with E-state index < -0.39 is 0 Å². The summed E-state index contributed by atoms with van der Waals surface area (Å²) in [5.74, 6) is 2.67. The van der Waals surface area contributed by atoms with Gasteiger partial charge in [-0.1, -0.05) is 17.7 Å². The fourth-order valence-electron chi connectivity index (χ4n) is 3.73. The minimum atomic E-state index is -0.145. The molecule has 0 amide bonds. The summed E-state index contributed by atoms with van der Waals surface area (Å²) in [6.07, 6.45) is 1.66. The summed E-state index contributed by atoms with van der Waals surface area (Å²) < 4.78 is 7.40. The van der Waals surface area contributed by atoms with E-state index in [0.717, 1.165) is 33.3 Å². The highest BCUT2D eigenvalue weighted by Crippen LogP contribution is 2.27. The second kappa shape index (κ2) is 9.03. The minimum Gasteiger partial charge on any atom is -0.497 e. The summed E-state index contributed by atoms with van der Waals surface area (Å²) in [5.41, 5.74) is 3.34. The van der Waals surface area contributed by atoms with Crippen molar-refractivity contribution in [3.8, 4) is 5.75 Å². The van der Waals surface area contributed by atoms with E-state index in [0.29, 0.717) is 35.6 Å². The lowest BCUT2D eigenvalue weighted by molar-refractivity contribution is 0.415. The second-order valence-corrected chi connectivity index (χ2v) is 8.20. The standard InChI is InChI=1S/C24H22ClN7O2/c1-32-20-7-4-15(25)9-19(20)29-21(32)13-27-23-17-6-5-16(34-2)10-18(17)30-24(31-23)28-12-14-3-8-22(33)26-11-14/h3-11H,12-13H2,1-2H3,(H,26,33)(H2,27,28,30,31). The number of aromatic amines is 1. The molecule has 0 aliphatic heterocycles. The summed E-state index contributed by atoms with van der Waals surface area (Å²) in [5, 5.41) is 8.15. The normalized spacial score (nSPS) is 11.1. The molecule has 5 rings (SSSR count). The van der Waals surface area contributed by atoms with Gasteiger partial charge in [0.25, 0.3) is 0 Å². The lowest BCUT2D eigenvalue weighted by Gasteiger charge is -2.13. The maximum atomic E-state index is 11.3. The average molecular weight is 476 g/mol. The second-order valence-electron chi connectivity index (χ2n) is 7.77. The molecular formula is C24H22ClN7O2. The number of H-pyrrole nitrogens is 1. The quantitative estimate of drug-likeness (QED) is 0.325. The zero-order valence-electron chi connectivity index (χ0n) is 18.6. The summed E-state index contributed by atoms with van der Waals surface area (Å²) in [4.78, 5) is 28.0. The van der Waals surface area contributed by atoms with Gasteiger partial charge in [-0.3, -0.25) is 4.79 Å². The number of imidazole rings is 1. The van der Waals surface area contributed by atoms with Gasteiger partial charge in [0.2, 0.25) is 11.5 Å². The number of ether oxygens (including phenoxy) is 1. The number of hydrogen-bond acceptors (Lipinski definition) is 7. The minimum absolute atomic E-state index is 0.145. The Hall–Kier alpha value is -4.11. The van der Waals surface area contributed by atoms with Crippen molar-refractivity contribution in [2.45, 2.75) is 13.1 Å². The van der Waals surface area contributed by atoms with Crippen molar-refractivity contribution in [3.63, 3.8) is 0 Å². The molecule has 3 heterocycles. The first-order valence-corrected chi connectivity index (χ1v) is 11.0. The predicted molar refractivity (Wildman–Crippen MR) is 134 cm³/mol. The van der Waals surface area contributed by atoms with Crippen molar-refractivity contribution in [2.24, 2.45) is 7.05 Å². The number of pyridine rings is 1. The fraction of sp³-hybridized carbons (Fsp3) is 0.167. The number of nitrogens with zero attached hydrogens (tertiary/aromatic N) is 4. The van der Waals surface area contributed by atoms with E-state index in [9.17, 15) is 4.79 Å². The van der Waals surface area contributed by atoms with Crippen LogP contribution in [0.5, 0.6) is 5.75 Å². The van der Waals surface area contributed by atoms with Crippen molar-refractivity contribution in [1.82, 2.24) is 24.5 Å². The van der Waals surface area contributed by atoms with Gasteiger partial charge in [-0.25, -0.2) is 9.97 Å². The summed E-state index contributed by atoms with van der Waals surface area (Å²) in [6, 6.07) is 14.6. The van der Waals surface area contributed by atoms with E-state index >= 15 is 0 Å². The summed E-state index contributed by atoms with van der Waals surface area (Å²) in [7, 11) is 3.59. The van der Waals surface area contributed by atoms with Crippen molar-refractivity contribution in [3.05, 3.63) is 81.5 Å². The Balaban J connectivity index is 1.45. The van der Waals surface area contributed by atoms with Crippen LogP contribution in [0.15, 0.2) is 59.5 Å². The van der Waals surface area contributed by atoms with E-state index in [-0.39, 0.29) is 5.56 Å².